The molecule has 1 fully saturated rings. The molecular formula is C19H18ClN3O2. The van der Waals surface area contributed by atoms with Gasteiger partial charge in [0.05, 0.1) is 35.4 Å². The first-order valence-corrected chi connectivity index (χ1v) is 8.67. The molecule has 128 valence electrons. The Bertz CT molecular complexity index is 911. The highest BCUT2D eigenvalue weighted by molar-refractivity contribution is 6.30. The van der Waals surface area contributed by atoms with Gasteiger partial charge < -0.3 is 9.73 Å². The minimum atomic E-state index is -0.121. The first-order valence-electron chi connectivity index (χ1n) is 8.29. The molecule has 0 aliphatic heterocycles. The minimum absolute atomic E-state index is 0.121. The largest absolute Gasteiger partial charge is 0.467 e. The van der Waals surface area contributed by atoms with E-state index in [1.165, 1.54) is 0 Å². The molecule has 6 heteroatoms. The molecule has 3 aromatic rings. The van der Waals surface area contributed by atoms with Gasteiger partial charge in [0.25, 0.3) is 5.91 Å². The van der Waals surface area contributed by atoms with E-state index in [4.69, 9.17) is 21.1 Å². The molecule has 1 aliphatic carbocycles. The Morgan fingerprint density at radius 1 is 1.36 bits per heavy atom. The Hall–Kier alpha value is -2.53. The van der Waals surface area contributed by atoms with Crippen LogP contribution in [0.5, 0.6) is 0 Å². The average Bonchev–Trinajstić information content (AvgIpc) is 3.19. The van der Waals surface area contributed by atoms with Crippen LogP contribution >= 0.6 is 11.6 Å². The summed E-state index contributed by atoms with van der Waals surface area (Å²) in [6.45, 7) is 2.28. The number of amides is 1. The van der Waals surface area contributed by atoms with E-state index in [-0.39, 0.29) is 5.91 Å². The normalized spacial score (nSPS) is 13.8. The highest BCUT2D eigenvalue weighted by atomic mass is 35.5. The van der Waals surface area contributed by atoms with Gasteiger partial charge in [-0.15, -0.1) is 0 Å². The second kappa shape index (κ2) is 6.41. The molecule has 2 aromatic heterocycles. The van der Waals surface area contributed by atoms with E-state index < -0.39 is 0 Å². The molecule has 0 atom stereocenters. The van der Waals surface area contributed by atoms with Crippen molar-refractivity contribution >= 4 is 17.5 Å². The van der Waals surface area contributed by atoms with Gasteiger partial charge in [-0.2, -0.15) is 5.10 Å². The molecule has 2 heterocycles. The third-order valence-corrected chi connectivity index (χ3v) is 4.63. The summed E-state index contributed by atoms with van der Waals surface area (Å²) in [5, 5.41) is 8.30. The highest BCUT2D eigenvalue weighted by Crippen LogP contribution is 2.42. The Morgan fingerprint density at radius 2 is 2.20 bits per heavy atom. The summed E-state index contributed by atoms with van der Waals surface area (Å²) in [6.07, 6.45) is 3.74. The standard InChI is InChI=1S/C19H18ClN3O2/c1-12-17(19(24)21-11-16-6-3-9-25-16)18(13-7-8-13)22-23(12)15-5-2-4-14(20)10-15/h2-6,9-10,13H,7-8,11H2,1H3,(H,21,24). The van der Waals surface area contributed by atoms with E-state index in [9.17, 15) is 4.79 Å². The number of furan rings is 1. The molecule has 5 nitrogen and oxygen atoms in total. The van der Waals surface area contributed by atoms with Crippen molar-refractivity contribution in [1.29, 1.82) is 0 Å². The monoisotopic (exact) mass is 355 g/mol. The van der Waals surface area contributed by atoms with E-state index in [2.05, 4.69) is 5.32 Å². The maximum Gasteiger partial charge on any atom is 0.255 e. The second-order valence-electron chi connectivity index (χ2n) is 6.27. The Kier molecular flexibility index (Phi) is 4.09. The molecular weight excluding hydrogens is 338 g/mol. The lowest BCUT2D eigenvalue weighted by molar-refractivity contribution is 0.0946. The number of aromatic nitrogens is 2. The fourth-order valence-electron chi connectivity index (χ4n) is 2.98. The van der Waals surface area contributed by atoms with Crippen LogP contribution in [0.2, 0.25) is 5.02 Å². The zero-order valence-corrected chi connectivity index (χ0v) is 14.6. The van der Waals surface area contributed by atoms with Gasteiger partial charge in [0, 0.05) is 10.9 Å². The first kappa shape index (κ1) is 16.0. The number of rotatable bonds is 5. The summed E-state index contributed by atoms with van der Waals surface area (Å²) in [4.78, 5) is 12.8. The van der Waals surface area contributed by atoms with Crippen LogP contribution in [0.25, 0.3) is 5.69 Å². The summed E-state index contributed by atoms with van der Waals surface area (Å²) >= 11 is 6.11. The molecule has 0 spiro atoms. The molecule has 0 saturated heterocycles. The van der Waals surface area contributed by atoms with Gasteiger partial charge in [-0.05, 0) is 50.1 Å². The van der Waals surface area contributed by atoms with Crippen molar-refractivity contribution in [2.45, 2.75) is 32.2 Å². The molecule has 1 amide bonds. The van der Waals surface area contributed by atoms with E-state index in [1.54, 1.807) is 17.0 Å². The van der Waals surface area contributed by atoms with Gasteiger partial charge >= 0.3 is 0 Å². The SMILES string of the molecule is Cc1c(C(=O)NCc2ccco2)c(C2CC2)nn1-c1cccc(Cl)c1. The summed E-state index contributed by atoms with van der Waals surface area (Å²) in [5.74, 6) is 0.966. The van der Waals surface area contributed by atoms with Crippen LogP contribution in [0.4, 0.5) is 0 Å². The topological polar surface area (TPSA) is 60.1 Å². The van der Waals surface area contributed by atoms with Crippen LogP contribution in [0.1, 0.15) is 46.3 Å². The Morgan fingerprint density at radius 3 is 2.88 bits per heavy atom. The van der Waals surface area contributed by atoms with Crippen molar-refractivity contribution < 1.29 is 9.21 Å². The van der Waals surface area contributed by atoms with E-state index >= 15 is 0 Å². The highest BCUT2D eigenvalue weighted by Gasteiger charge is 2.33. The molecule has 0 bridgehead atoms. The fourth-order valence-corrected chi connectivity index (χ4v) is 3.16. The van der Waals surface area contributed by atoms with E-state index in [0.717, 1.165) is 35.7 Å². The fraction of sp³-hybridized carbons (Fsp3) is 0.263. The maximum absolute atomic E-state index is 12.8. The number of hydrogen-bond donors (Lipinski definition) is 1. The molecule has 0 radical (unpaired) electrons. The number of carbonyl (C=O) groups is 1. The maximum atomic E-state index is 12.8. The zero-order chi connectivity index (χ0) is 17.4. The lowest BCUT2D eigenvalue weighted by Crippen LogP contribution is -2.24. The summed E-state index contributed by atoms with van der Waals surface area (Å²) in [6, 6.07) is 11.1. The third-order valence-electron chi connectivity index (χ3n) is 4.39. The van der Waals surface area contributed by atoms with Crippen molar-refractivity contribution in [3.63, 3.8) is 0 Å². The predicted octanol–water partition coefficient (Wildman–Crippen LogP) is 4.23. The van der Waals surface area contributed by atoms with Crippen LogP contribution < -0.4 is 5.32 Å². The van der Waals surface area contributed by atoms with Crippen LogP contribution in [0.3, 0.4) is 0 Å². The molecule has 1 N–H and O–H groups in total. The quantitative estimate of drug-likeness (QED) is 0.744. The lowest BCUT2D eigenvalue weighted by Gasteiger charge is -2.06. The number of hydrogen-bond acceptors (Lipinski definition) is 3. The van der Waals surface area contributed by atoms with Crippen molar-refractivity contribution in [3.8, 4) is 5.69 Å². The van der Waals surface area contributed by atoms with E-state index in [0.29, 0.717) is 23.0 Å². The smallest absolute Gasteiger partial charge is 0.255 e. The molecule has 1 aromatic carbocycles. The van der Waals surface area contributed by atoms with Crippen molar-refractivity contribution in [1.82, 2.24) is 15.1 Å². The second-order valence-corrected chi connectivity index (χ2v) is 6.71. The molecule has 1 saturated carbocycles. The van der Waals surface area contributed by atoms with Crippen molar-refractivity contribution in [2.75, 3.05) is 0 Å². The minimum Gasteiger partial charge on any atom is -0.467 e. The summed E-state index contributed by atoms with van der Waals surface area (Å²) in [5.41, 5.74) is 3.21. The lowest BCUT2D eigenvalue weighted by atomic mass is 10.1. The number of benzene rings is 1. The van der Waals surface area contributed by atoms with Gasteiger partial charge in [0.1, 0.15) is 5.76 Å². The number of halogens is 1. The van der Waals surface area contributed by atoms with Crippen LogP contribution in [-0.4, -0.2) is 15.7 Å². The van der Waals surface area contributed by atoms with Gasteiger partial charge in [0.2, 0.25) is 0 Å². The van der Waals surface area contributed by atoms with Gasteiger partial charge in [0.15, 0.2) is 0 Å². The molecule has 1 aliphatic rings. The van der Waals surface area contributed by atoms with E-state index in [1.807, 2.05) is 37.3 Å². The predicted molar refractivity (Wildman–Crippen MR) is 95.2 cm³/mol. The molecule has 4 rings (SSSR count). The molecule has 0 unspecified atom stereocenters. The van der Waals surface area contributed by atoms with Gasteiger partial charge in [-0.1, -0.05) is 17.7 Å². The van der Waals surface area contributed by atoms with Crippen LogP contribution in [-0.2, 0) is 6.54 Å². The van der Waals surface area contributed by atoms with Gasteiger partial charge in [-0.25, -0.2) is 4.68 Å². The van der Waals surface area contributed by atoms with Crippen LogP contribution in [0, 0.1) is 6.92 Å². The van der Waals surface area contributed by atoms with Crippen molar-refractivity contribution in [2.24, 2.45) is 0 Å². The third kappa shape index (κ3) is 3.20. The summed E-state index contributed by atoms with van der Waals surface area (Å²) < 4.78 is 7.08. The Labute approximate surface area is 150 Å². The first-order chi connectivity index (χ1) is 12.1. The molecule has 25 heavy (non-hydrogen) atoms. The average molecular weight is 356 g/mol. The number of nitrogens with one attached hydrogen (secondary N) is 1. The number of carbonyl (C=O) groups excluding carboxylic acids is 1. The zero-order valence-electron chi connectivity index (χ0n) is 13.8. The van der Waals surface area contributed by atoms with Crippen molar-refractivity contribution in [3.05, 3.63) is 70.4 Å². The summed E-state index contributed by atoms with van der Waals surface area (Å²) in [7, 11) is 0. The number of nitrogens with zero attached hydrogens (tertiary/aromatic N) is 2. The van der Waals surface area contributed by atoms with Gasteiger partial charge in [-0.3, -0.25) is 4.79 Å². The Balaban J connectivity index is 1.67. The van der Waals surface area contributed by atoms with Crippen LogP contribution in [0.15, 0.2) is 47.1 Å².